The first-order chi connectivity index (χ1) is 20.1. The van der Waals surface area contributed by atoms with Gasteiger partial charge in [-0.1, -0.05) is 119 Å². The minimum Gasteiger partial charge on any atom is -0.423 e. The summed E-state index contributed by atoms with van der Waals surface area (Å²) in [6, 6.07) is 34.1. The van der Waals surface area contributed by atoms with E-state index in [0.717, 1.165) is 23.1 Å². The van der Waals surface area contributed by atoms with E-state index in [1.807, 2.05) is 60.8 Å². The molecule has 0 fully saturated rings. The van der Waals surface area contributed by atoms with Gasteiger partial charge in [-0.25, -0.2) is 4.79 Å². The molecule has 4 aromatic carbocycles. The van der Waals surface area contributed by atoms with Crippen LogP contribution in [0.5, 0.6) is 5.75 Å². The zero-order chi connectivity index (χ0) is 28.7. The molecular formula is C38H43NO2. The van der Waals surface area contributed by atoms with Crippen molar-refractivity contribution in [1.82, 2.24) is 0 Å². The van der Waals surface area contributed by atoms with Crippen molar-refractivity contribution in [2.45, 2.75) is 77.7 Å². The Kier molecular flexibility index (Phi) is 11.9. The summed E-state index contributed by atoms with van der Waals surface area (Å²) in [6.07, 6.45) is 13.8. The van der Waals surface area contributed by atoms with Crippen molar-refractivity contribution in [3.63, 3.8) is 0 Å². The highest BCUT2D eigenvalue weighted by molar-refractivity contribution is 5.91. The van der Waals surface area contributed by atoms with Crippen LogP contribution in [0.1, 0.15) is 98.3 Å². The number of nitrogens with zero attached hydrogens (tertiary/aromatic N) is 1. The van der Waals surface area contributed by atoms with Crippen molar-refractivity contribution >= 4 is 12.2 Å². The highest BCUT2D eigenvalue weighted by Crippen LogP contribution is 2.23. The van der Waals surface area contributed by atoms with E-state index in [4.69, 9.17) is 4.74 Å². The summed E-state index contributed by atoms with van der Waals surface area (Å²) in [7, 11) is 0. The second-order valence-corrected chi connectivity index (χ2v) is 10.8. The summed E-state index contributed by atoms with van der Waals surface area (Å²) >= 11 is 0. The van der Waals surface area contributed by atoms with Gasteiger partial charge in [-0.05, 0) is 84.0 Å². The number of benzene rings is 4. The molecule has 1 atom stereocenters. The number of esters is 1. The Morgan fingerprint density at radius 1 is 0.707 bits per heavy atom. The maximum atomic E-state index is 12.7. The van der Waals surface area contributed by atoms with Gasteiger partial charge in [-0.3, -0.25) is 4.99 Å². The van der Waals surface area contributed by atoms with Gasteiger partial charge in [0.2, 0.25) is 0 Å². The van der Waals surface area contributed by atoms with Crippen LogP contribution >= 0.6 is 0 Å². The maximum Gasteiger partial charge on any atom is 0.343 e. The van der Waals surface area contributed by atoms with E-state index in [9.17, 15) is 4.79 Å². The second kappa shape index (κ2) is 16.3. The summed E-state index contributed by atoms with van der Waals surface area (Å²) in [5.74, 6) is 0.149. The average molecular weight is 546 g/mol. The molecule has 3 heteroatoms. The van der Waals surface area contributed by atoms with Crippen molar-refractivity contribution < 1.29 is 9.53 Å². The molecule has 0 bridgehead atoms. The van der Waals surface area contributed by atoms with E-state index in [-0.39, 0.29) is 12.0 Å². The van der Waals surface area contributed by atoms with E-state index in [2.05, 4.69) is 55.2 Å². The Morgan fingerprint density at radius 2 is 1.29 bits per heavy atom. The minimum atomic E-state index is -0.364. The number of rotatable bonds is 15. The Morgan fingerprint density at radius 3 is 1.93 bits per heavy atom. The van der Waals surface area contributed by atoms with Crippen molar-refractivity contribution in [2.24, 2.45) is 4.99 Å². The molecule has 0 amide bonds. The number of unbranched alkanes of at least 4 members (excludes halogenated alkanes) is 7. The van der Waals surface area contributed by atoms with E-state index in [0.29, 0.717) is 11.3 Å². The van der Waals surface area contributed by atoms with E-state index >= 15 is 0 Å². The number of carbonyl (C=O) groups is 1. The van der Waals surface area contributed by atoms with Crippen molar-refractivity contribution in [3.8, 4) is 16.9 Å². The first-order valence-corrected chi connectivity index (χ1v) is 15.2. The SMILES string of the molecule is CCCCCCCCCCc1ccc(-c2ccc(C(=O)Oc3ccc(C=NC(C)c4ccccc4)cc3)cc2)cc1. The number of carbonyl (C=O) groups excluding carboxylic acids is 1. The molecule has 4 aromatic rings. The zero-order valence-corrected chi connectivity index (χ0v) is 24.6. The molecule has 0 heterocycles. The van der Waals surface area contributed by atoms with Gasteiger partial charge in [0.25, 0.3) is 0 Å². The van der Waals surface area contributed by atoms with Crippen molar-refractivity contribution in [2.75, 3.05) is 0 Å². The molecule has 0 aliphatic rings. The number of hydrogen-bond acceptors (Lipinski definition) is 3. The first kappa shape index (κ1) is 30.0. The number of hydrogen-bond donors (Lipinski definition) is 0. The zero-order valence-electron chi connectivity index (χ0n) is 24.6. The van der Waals surface area contributed by atoms with Gasteiger partial charge >= 0.3 is 5.97 Å². The molecule has 212 valence electrons. The van der Waals surface area contributed by atoms with Crippen molar-refractivity contribution in [3.05, 3.63) is 125 Å². The van der Waals surface area contributed by atoms with Gasteiger partial charge in [-0.2, -0.15) is 0 Å². The normalized spacial score (nSPS) is 12.0. The monoisotopic (exact) mass is 545 g/mol. The topological polar surface area (TPSA) is 38.7 Å². The lowest BCUT2D eigenvalue weighted by Gasteiger charge is -2.08. The highest BCUT2D eigenvalue weighted by atomic mass is 16.5. The van der Waals surface area contributed by atoms with Crippen LogP contribution in [0.15, 0.2) is 108 Å². The second-order valence-electron chi connectivity index (χ2n) is 10.8. The highest BCUT2D eigenvalue weighted by Gasteiger charge is 2.09. The third kappa shape index (κ3) is 9.86. The third-order valence-corrected chi connectivity index (χ3v) is 7.55. The Hall–Kier alpha value is -3.98. The molecule has 0 aromatic heterocycles. The summed E-state index contributed by atoms with van der Waals surface area (Å²) < 4.78 is 5.61. The Bertz CT molecular complexity index is 1340. The largest absolute Gasteiger partial charge is 0.423 e. The van der Waals surface area contributed by atoms with Gasteiger partial charge in [0, 0.05) is 6.21 Å². The molecule has 0 radical (unpaired) electrons. The van der Waals surface area contributed by atoms with Gasteiger partial charge in [0.1, 0.15) is 5.75 Å². The summed E-state index contributed by atoms with van der Waals surface area (Å²) in [5, 5.41) is 0. The average Bonchev–Trinajstić information content (AvgIpc) is 3.02. The van der Waals surface area contributed by atoms with E-state index in [1.165, 1.54) is 62.5 Å². The van der Waals surface area contributed by atoms with Crippen LogP contribution < -0.4 is 4.74 Å². The Labute approximate surface area is 246 Å². The number of aliphatic imine (C=N–C) groups is 1. The van der Waals surface area contributed by atoms with E-state index < -0.39 is 0 Å². The van der Waals surface area contributed by atoms with Crippen LogP contribution in [0.3, 0.4) is 0 Å². The van der Waals surface area contributed by atoms with Crippen LogP contribution in [0.4, 0.5) is 0 Å². The quantitative estimate of drug-likeness (QED) is 0.0645. The fraction of sp³-hybridized carbons (Fsp3) is 0.316. The smallest absolute Gasteiger partial charge is 0.343 e. The van der Waals surface area contributed by atoms with Gasteiger partial charge < -0.3 is 4.74 Å². The van der Waals surface area contributed by atoms with Crippen LogP contribution in [0.2, 0.25) is 0 Å². The summed E-state index contributed by atoms with van der Waals surface area (Å²) in [6.45, 7) is 4.34. The van der Waals surface area contributed by atoms with Gasteiger partial charge in [0.05, 0.1) is 11.6 Å². The summed E-state index contributed by atoms with van der Waals surface area (Å²) in [4.78, 5) is 17.4. The van der Waals surface area contributed by atoms with Crippen molar-refractivity contribution in [1.29, 1.82) is 0 Å². The van der Waals surface area contributed by atoms with Gasteiger partial charge in [0.15, 0.2) is 0 Å². The Balaban J connectivity index is 1.23. The predicted molar refractivity (Wildman–Crippen MR) is 172 cm³/mol. The van der Waals surface area contributed by atoms with Crippen LogP contribution in [0, 0.1) is 0 Å². The molecule has 3 nitrogen and oxygen atoms in total. The van der Waals surface area contributed by atoms with Crippen LogP contribution in [-0.2, 0) is 6.42 Å². The standard InChI is InChI=1S/C38H43NO2/c1-3-4-5-6-7-8-9-11-14-31-17-21-34(22-18-31)35-23-25-36(26-24-35)38(40)41-37-27-19-32(20-28-37)29-39-30(2)33-15-12-10-13-16-33/h10,12-13,15-30H,3-9,11,14H2,1-2H3. The molecule has 0 saturated heterocycles. The van der Waals surface area contributed by atoms with Crippen LogP contribution in [0.25, 0.3) is 11.1 Å². The minimum absolute atomic E-state index is 0.0781. The van der Waals surface area contributed by atoms with Crippen LogP contribution in [-0.4, -0.2) is 12.2 Å². The predicted octanol–water partition coefficient (Wildman–Crippen LogP) is 10.4. The number of ether oxygens (including phenoxy) is 1. The summed E-state index contributed by atoms with van der Waals surface area (Å²) in [5.41, 5.74) is 6.30. The van der Waals surface area contributed by atoms with Gasteiger partial charge in [-0.15, -0.1) is 0 Å². The first-order valence-electron chi connectivity index (χ1n) is 15.2. The lowest BCUT2D eigenvalue weighted by Crippen LogP contribution is -2.08. The molecule has 41 heavy (non-hydrogen) atoms. The molecule has 0 saturated carbocycles. The molecule has 4 rings (SSSR count). The molecule has 0 aliphatic carbocycles. The van der Waals surface area contributed by atoms with E-state index in [1.54, 1.807) is 12.1 Å². The fourth-order valence-corrected chi connectivity index (χ4v) is 4.93. The molecular weight excluding hydrogens is 502 g/mol. The lowest BCUT2D eigenvalue weighted by molar-refractivity contribution is 0.0735. The molecule has 0 aliphatic heterocycles. The molecule has 0 spiro atoms. The molecule has 1 unspecified atom stereocenters. The maximum absolute atomic E-state index is 12.7. The fourth-order valence-electron chi connectivity index (χ4n) is 4.93. The molecule has 0 N–H and O–H groups in total. The third-order valence-electron chi connectivity index (χ3n) is 7.55. The number of aryl methyl sites for hydroxylation is 1. The lowest BCUT2D eigenvalue weighted by atomic mass is 10.00.